The Kier molecular flexibility index (Phi) is 11.2. The summed E-state index contributed by atoms with van der Waals surface area (Å²) in [5, 5.41) is 11.7. The van der Waals surface area contributed by atoms with E-state index >= 15 is 0 Å². The molecule has 0 amide bonds. The Bertz CT molecular complexity index is 778. The second-order valence-corrected chi connectivity index (χ2v) is 7.64. The molecule has 0 aromatic carbocycles. The molecule has 10 heteroatoms. The molecule has 2 heterocycles. The molecule has 2 N–H and O–H groups in total. The molecule has 2 unspecified atom stereocenters. The number of carbonyl (C=O) groups excluding carboxylic acids is 1. The van der Waals surface area contributed by atoms with Gasteiger partial charge in [0.05, 0.1) is 18.3 Å². The van der Waals surface area contributed by atoms with Crippen molar-refractivity contribution in [1.29, 1.82) is 0 Å². The van der Waals surface area contributed by atoms with E-state index in [4.69, 9.17) is 9.73 Å². The van der Waals surface area contributed by atoms with Gasteiger partial charge >= 0.3 is 5.97 Å². The van der Waals surface area contributed by atoms with Gasteiger partial charge in [-0.25, -0.2) is 9.78 Å². The standard InChI is InChI=1S/C19H30N6O2S.HI/c1-6-20-19(21-11-13(3)12-25-10-8-9-22-25)24-15(5)17-23-14(4)16(28-17)18(26)27-7-2;/h8-10,13,15H,6-7,11-12H2,1-5H3,(H2,20,21,24);1H. The molecular weight excluding hydrogens is 503 g/mol. The molecule has 8 nitrogen and oxygen atoms in total. The van der Waals surface area contributed by atoms with E-state index in [-0.39, 0.29) is 36.0 Å². The summed E-state index contributed by atoms with van der Waals surface area (Å²) in [4.78, 5) is 21.8. The van der Waals surface area contributed by atoms with Gasteiger partial charge in [0.1, 0.15) is 9.88 Å². The molecule has 0 aliphatic heterocycles. The van der Waals surface area contributed by atoms with Crippen LogP contribution in [0.4, 0.5) is 0 Å². The van der Waals surface area contributed by atoms with Crippen LogP contribution in [0.15, 0.2) is 23.5 Å². The van der Waals surface area contributed by atoms with E-state index in [1.807, 2.05) is 37.7 Å². The van der Waals surface area contributed by atoms with Crippen LogP contribution < -0.4 is 10.6 Å². The van der Waals surface area contributed by atoms with Gasteiger partial charge in [0, 0.05) is 32.0 Å². The SMILES string of the molecule is CCNC(=NCC(C)Cn1cccn1)NC(C)c1nc(C)c(C(=O)OCC)s1.I. The van der Waals surface area contributed by atoms with E-state index in [9.17, 15) is 4.79 Å². The lowest BCUT2D eigenvalue weighted by molar-refractivity contribution is 0.0531. The normalized spacial score (nSPS) is 13.3. The number of esters is 1. The summed E-state index contributed by atoms with van der Waals surface area (Å²) in [5.74, 6) is 0.764. The van der Waals surface area contributed by atoms with Crippen LogP contribution in [-0.2, 0) is 11.3 Å². The van der Waals surface area contributed by atoms with Crippen molar-refractivity contribution in [2.24, 2.45) is 10.9 Å². The highest BCUT2D eigenvalue weighted by Crippen LogP contribution is 2.24. The average Bonchev–Trinajstić information content (AvgIpc) is 3.29. The number of aromatic nitrogens is 3. The van der Waals surface area contributed by atoms with Gasteiger partial charge in [0.15, 0.2) is 5.96 Å². The summed E-state index contributed by atoms with van der Waals surface area (Å²) in [5.41, 5.74) is 0.696. The second kappa shape index (κ2) is 12.8. The molecule has 0 spiro atoms. The van der Waals surface area contributed by atoms with Crippen molar-refractivity contribution in [3.05, 3.63) is 34.0 Å². The molecule has 0 fully saturated rings. The summed E-state index contributed by atoms with van der Waals surface area (Å²) in [7, 11) is 0. The number of rotatable bonds is 9. The Labute approximate surface area is 193 Å². The Morgan fingerprint density at radius 1 is 1.38 bits per heavy atom. The number of thiazole rings is 1. The first kappa shape index (κ1) is 25.3. The zero-order chi connectivity index (χ0) is 20.5. The maximum atomic E-state index is 12.0. The van der Waals surface area contributed by atoms with Crippen LogP contribution >= 0.6 is 35.3 Å². The lowest BCUT2D eigenvalue weighted by Crippen LogP contribution is -2.39. The molecule has 0 aliphatic rings. The predicted octanol–water partition coefficient (Wildman–Crippen LogP) is 3.40. The van der Waals surface area contributed by atoms with Gasteiger partial charge < -0.3 is 15.4 Å². The van der Waals surface area contributed by atoms with Crippen molar-refractivity contribution < 1.29 is 9.53 Å². The zero-order valence-corrected chi connectivity index (χ0v) is 20.8. The first-order valence-corrected chi connectivity index (χ1v) is 10.4. The van der Waals surface area contributed by atoms with E-state index in [2.05, 4.69) is 27.6 Å². The van der Waals surface area contributed by atoms with Crippen LogP contribution in [-0.4, -0.2) is 46.4 Å². The highest BCUT2D eigenvalue weighted by Gasteiger charge is 2.20. The Balaban J connectivity index is 0.00000420. The zero-order valence-electron chi connectivity index (χ0n) is 17.6. The van der Waals surface area contributed by atoms with Gasteiger partial charge in [-0.1, -0.05) is 6.92 Å². The van der Waals surface area contributed by atoms with Gasteiger partial charge in [-0.3, -0.25) is 9.67 Å². The molecule has 0 saturated heterocycles. The summed E-state index contributed by atoms with van der Waals surface area (Å²) in [6.07, 6.45) is 3.74. The number of ether oxygens (including phenoxy) is 1. The number of carbonyl (C=O) groups is 1. The van der Waals surface area contributed by atoms with Crippen molar-refractivity contribution in [1.82, 2.24) is 25.4 Å². The lowest BCUT2D eigenvalue weighted by atomic mass is 10.2. The third kappa shape index (κ3) is 7.92. The van der Waals surface area contributed by atoms with E-state index in [1.165, 1.54) is 11.3 Å². The van der Waals surface area contributed by atoms with Crippen molar-refractivity contribution in [3.8, 4) is 0 Å². The maximum Gasteiger partial charge on any atom is 0.350 e. The summed E-state index contributed by atoms with van der Waals surface area (Å²) >= 11 is 1.36. The lowest BCUT2D eigenvalue weighted by Gasteiger charge is -2.17. The number of guanidine groups is 1. The molecule has 2 aromatic rings. The quantitative estimate of drug-likeness (QED) is 0.222. The van der Waals surface area contributed by atoms with Crippen molar-refractivity contribution >= 4 is 47.2 Å². The van der Waals surface area contributed by atoms with E-state index in [0.29, 0.717) is 29.6 Å². The average molecular weight is 534 g/mol. The van der Waals surface area contributed by atoms with Gasteiger partial charge in [-0.05, 0) is 39.7 Å². The first-order chi connectivity index (χ1) is 13.4. The molecule has 0 radical (unpaired) electrons. The minimum atomic E-state index is -0.316. The summed E-state index contributed by atoms with van der Waals surface area (Å²) in [6.45, 7) is 12.4. The second-order valence-electron chi connectivity index (χ2n) is 6.61. The number of aliphatic imine (C=N–C) groups is 1. The number of nitrogens with one attached hydrogen (secondary N) is 2. The van der Waals surface area contributed by atoms with Crippen LogP contribution in [0.25, 0.3) is 0 Å². The van der Waals surface area contributed by atoms with Gasteiger partial charge in [-0.2, -0.15) is 5.10 Å². The number of hydrogen-bond acceptors (Lipinski definition) is 6. The minimum Gasteiger partial charge on any atom is -0.462 e. The summed E-state index contributed by atoms with van der Waals surface area (Å²) < 4.78 is 7.01. The summed E-state index contributed by atoms with van der Waals surface area (Å²) in [6, 6.07) is 1.84. The van der Waals surface area contributed by atoms with E-state index < -0.39 is 0 Å². The number of nitrogens with zero attached hydrogens (tertiary/aromatic N) is 4. The molecule has 0 bridgehead atoms. The van der Waals surface area contributed by atoms with Crippen LogP contribution in [0.1, 0.15) is 54.1 Å². The van der Waals surface area contributed by atoms with Crippen LogP contribution in [0, 0.1) is 12.8 Å². The molecule has 2 aromatic heterocycles. The first-order valence-electron chi connectivity index (χ1n) is 9.61. The van der Waals surface area contributed by atoms with Gasteiger partial charge in [-0.15, -0.1) is 35.3 Å². The van der Waals surface area contributed by atoms with E-state index in [0.717, 1.165) is 24.1 Å². The largest absolute Gasteiger partial charge is 0.462 e. The molecule has 0 aliphatic carbocycles. The molecule has 2 rings (SSSR count). The maximum absolute atomic E-state index is 12.0. The molecule has 29 heavy (non-hydrogen) atoms. The van der Waals surface area contributed by atoms with Gasteiger partial charge in [0.25, 0.3) is 0 Å². The number of hydrogen-bond donors (Lipinski definition) is 2. The third-order valence-electron chi connectivity index (χ3n) is 3.96. The van der Waals surface area contributed by atoms with E-state index in [1.54, 1.807) is 13.1 Å². The molecule has 162 valence electrons. The van der Waals surface area contributed by atoms with Crippen LogP contribution in [0.5, 0.6) is 0 Å². The predicted molar refractivity (Wildman–Crippen MR) is 127 cm³/mol. The van der Waals surface area contributed by atoms with Crippen LogP contribution in [0.3, 0.4) is 0 Å². The van der Waals surface area contributed by atoms with Gasteiger partial charge in [0.2, 0.25) is 0 Å². The van der Waals surface area contributed by atoms with Crippen LogP contribution in [0.2, 0.25) is 0 Å². The fraction of sp³-hybridized carbons (Fsp3) is 0.579. The third-order valence-corrected chi connectivity index (χ3v) is 5.28. The Hall–Kier alpha value is -1.69. The Morgan fingerprint density at radius 3 is 2.76 bits per heavy atom. The minimum absolute atomic E-state index is 0. The fourth-order valence-corrected chi connectivity index (χ4v) is 3.57. The van der Waals surface area contributed by atoms with Crippen molar-refractivity contribution in [2.45, 2.75) is 47.2 Å². The molecular formula is C19H31IN6O2S. The molecule has 0 saturated carbocycles. The topological polar surface area (TPSA) is 93.4 Å². The van der Waals surface area contributed by atoms with Crippen molar-refractivity contribution in [2.75, 3.05) is 19.7 Å². The number of halogens is 1. The highest BCUT2D eigenvalue weighted by atomic mass is 127. The van der Waals surface area contributed by atoms with Crippen molar-refractivity contribution in [3.63, 3.8) is 0 Å². The highest BCUT2D eigenvalue weighted by molar-refractivity contribution is 14.0. The fourth-order valence-electron chi connectivity index (χ4n) is 2.61. The Morgan fingerprint density at radius 2 is 2.14 bits per heavy atom. The molecule has 2 atom stereocenters. The smallest absolute Gasteiger partial charge is 0.350 e. The number of aryl methyl sites for hydroxylation is 1. The monoisotopic (exact) mass is 534 g/mol.